The molecule has 30 heavy (non-hydrogen) atoms. The summed E-state index contributed by atoms with van der Waals surface area (Å²) in [6.07, 6.45) is 20.9. The van der Waals surface area contributed by atoms with Crippen LogP contribution < -0.4 is 0 Å². The zero-order valence-corrected chi connectivity index (χ0v) is 21.2. The van der Waals surface area contributed by atoms with E-state index in [2.05, 4.69) is 66.7 Å². The van der Waals surface area contributed by atoms with E-state index in [1.165, 1.54) is 57.8 Å². The standard InChI is InChI=1S/C30H50/c1-8-23(20(2)3)10-9-22(5)26-13-14-27-25-12-11-24-19-21(4)15-17-29(24,6)28(25)16-18-30(26,27)7/h9-11,20-23,25-28H,8,12-19H2,1-7H3/b10-9+/t21-,22+,23+,25-,26+,27+,28-,29-,30+/m0/s1. The van der Waals surface area contributed by atoms with E-state index >= 15 is 0 Å². The Balaban J connectivity index is 1.52. The maximum atomic E-state index is 2.74. The van der Waals surface area contributed by atoms with Gasteiger partial charge in [0.05, 0.1) is 0 Å². The van der Waals surface area contributed by atoms with Gasteiger partial charge in [0.15, 0.2) is 0 Å². The van der Waals surface area contributed by atoms with E-state index in [9.17, 15) is 0 Å². The zero-order chi connectivity index (χ0) is 21.7. The number of hydrogen-bond donors (Lipinski definition) is 0. The van der Waals surface area contributed by atoms with Crippen LogP contribution in [0.5, 0.6) is 0 Å². The minimum atomic E-state index is 0.534. The number of hydrogen-bond acceptors (Lipinski definition) is 0. The molecule has 4 aliphatic carbocycles. The Kier molecular flexibility index (Phi) is 6.38. The third kappa shape index (κ3) is 3.67. The van der Waals surface area contributed by atoms with E-state index in [-0.39, 0.29) is 0 Å². The summed E-state index contributed by atoms with van der Waals surface area (Å²) in [5.41, 5.74) is 2.97. The molecule has 0 saturated heterocycles. The molecule has 0 amide bonds. The molecule has 3 saturated carbocycles. The second-order valence-electron chi connectivity index (χ2n) is 12.9. The minimum Gasteiger partial charge on any atom is -0.0851 e. The molecule has 0 unspecified atom stereocenters. The van der Waals surface area contributed by atoms with Crippen molar-refractivity contribution in [2.24, 2.45) is 58.2 Å². The Labute approximate surface area is 188 Å². The predicted molar refractivity (Wildman–Crippen MR) is 131 cm³/mol. The largest absolute Gasteiger partial charge is 0.0851 e. The first-order valence-corrected chi connectivity index (χ1v) is 13.6. The van der Waals surface area contributed by atoms with Crippen LogP contribution in [0.1, 0.15) is 106 Å². The molecule has 3 fully saturated rings. The minimum absolute atomic E-state index is 0.534. The molecule has 0 heterocycles. The van der Waals surface area contributed by atoms with Gasteiger partial charge in [-0.25, -0.2) is 0 Å². The molecule has 170 valence electrons. The molecule has 0 N–H and O–H groups in total. The first kappa shape index (κ1) is 22.7. The number of rotatable bonds is 5. The van der Waals surface area contributed by atoms with Crippen molar-refractivity contribution in [3.05, 3.63) is 23.8 Å². The van der Waals surface area contributed by atoms with E-state index in [0.29, 0.717) is 10.8 Å². The average molecular weight is 411 g/mol. The highest BCUT2D eigenvalue weighted by atomic mass is 14.6. The summed E-state index contributed by atoms with van der Waals surface area (Å²) in [5, 5.41) is 0. The lowest BCUT2D eigenvalue weighted by atomic mass is 9.46. The predicted octanol–water partition coefficient (Wildman–Crippen LogP) is 9.08. The van der Waals surface area contributed by atoms with Crippen LogP contribution in [0.3, 0.4) is 0 Å². The Hall–Kier alpha value is -0.520. The molecule has 0 aromatic carbocycles. The van der Waals surface area contributed by atoms with E-state index in [1.54, 1.807) is 0 Å². The van der Waals surface area contributed by atoms with Gasteiger partial charge in [-0.15, -0.1) is 0 Å². The van der Waals surface area contributed by atoms with Crippen molar-refractivity contribution in [1.29, 1.82) is 0 Å². The summed E-state index contributed by atoms with van der Waals surface area (Å²) in [4.78, 5) is 0. The molecule has 0 heteroatoms. The summed E-state index contributed by atoms with van der Waals surface area (Å²) in [7, 11) is 0. The molecule has 4 rings (SSSR count). The highest BCUT2D eigenvalue weighted by Gasteiger charge is 2.58. The quantitative estimate of drug-likeness (QED) is 0.396. The number of fused-ring (bicyclic) bond motifs is 5. The van der Waals surface area contributed by atoms with Gasteiger partial charge in [0.1, 0.15) is 0 Å². The van der Waals surface area contributed by atoms with Gasteiger partial charge in [0.2, 0.25) is 0 Å². The van der Waals surface area contributed by atoms with Gasteiger partial charge >= 0.3 is 0 Å². The Morgan fingerprint density at radius 1 is 1.00 bits per heavy atom. The van der Waals surface area contributed by atoms with E-state index in [4.69, 9.17) is 0 Å². The molecule has 0 aromatic heterocycles. The average Bonchev–Trinajstić information content (AvgIpc) is 3.06. The van der Waals surface area contributed by atoms with Crippen LogP contribution in [0.15, 0.2) is 23.8 Å². The highest BCUT2D eigenvalue weighted by molar-refractivity contribution is 5.25. The van der Waals surface area contributed by atoms with Crippen LogP contribution in [0.4, 0.5) is 0 Å². The van der Waals surface area contributed by atoms with Crippen molar-refractivity contribution < 1.29 is 0 Å². The lowest BCUT2D eigenvalue weighted by Gasteiger charge is -2.58. The van der Waals surface area contributed by atoms with Crippen LogP contribution in [0.2, 0.25) is 0 Å². The molecule has 0 radical (unpaired) electrons. The highest BCUT2D eigenvalue weighted by Crippen LogP contribution is 2.67. The molecular formula is C30H50. The molecular weight excluding hydrogens is 360 g/mol. The zero-order valence-electron chi connectivity index (χ0n) is 21.2. The molecule has 0 spiro atoms. The molecule has 0 aliphatic heterocycles. The van der Waals surface area contributed by atoms with Crippen LogP contribution >= 0.6 is 0 Å². The lowest BCUT2D eigenvalue weighted by Crippen LogP contribution is -2.50. The summed E-state index contributed by atoms with van der Waals surface area (Å²) >= 11 is 0. The Morgan fingerprint density at radius 2 is 1.77 bits per heavy atom. The van der Waals surface area contributed by atoms with Gasteiger partial charge in [0.25, 0.3) is 0 Å². The Bertz CT molecular complexity index is 668. The van der Waals surface area contributed by atoms with Crippen molar-refractivity contribution in [3.8, 4) is 0 Å². The molecule has 0 bridgehead atoms. The fourth-order valence-corrected chi connectivity index (χ4v) is 9.03. The topological polar surface area (TPSA) is 0 Å². The van der Waals surface area contributed by atoms with Gasteiger partial charge in [0, 0.05) is 0 Å². The lowest BCUT2D eigenvalue weighted by molar-refractivity contribution is -0.0486. The normalized spacial score (nSPS) is 45.6. The third-order valence-electron chi connectivity index (χ3n) is 11.0. The maximum Gasteiger partial charge on any atom is -0.00851 e. The first-order valence-electron chi connectivity index (χ1n) is 13.6. The van der Waals surface area contributed by atoms with Gasteiger partial charge < -0.3 is 0 Å². The second-order valence-corrected chi connectivity index (χ2v) is 12.9. The van der Waals surface area contributed by atoms with E-state index < -0.39 is 0 Å². The fraction of sp³-hybridized carbons (Fsp3) is 0.867. The Morgan fingerprint density at radius 3 is 2.47 bits per heavy atom. The van der Waals surface area contributed by atoms with E-state index in [1.807, 2.05) is 5.57 Å². The SMILES string of the molecule is CC[C@H](/C=C/[C@@H](C)[C@H]1CC[C@@H]2[C@@H]3CC=C4C[C@@H](C)CC[C@]4(C)[C@H]3CC[C@@]21C)C(C)C. The molecule has 4 aliphatic rings. The van der Waals surface area contributed by atoms with Crippen molar-refractivity contribution >= 4 is 0 Å². The first-order chi connectivity index (χ1) is 14.2. The summed E-state index contributed by atoms with van der Waals surface area (Å²) in [5.74, 6) is 6.98. The molecule has 9 atom stereocenters. The van der Waals surface area contributed by atoms with Crippen molar-refractivity contribution in [1.82, 2.24) is 0 Å². The molecule has 0 aromatic rings. The van der Waals surface area contributed by atoms with Crippen molar-refractivity contribution in [2.75, 3.05) is 0 Å². The summed E-state index contributed by atoms with van der Waals surface area (Å²) in [6.45, 7) is 17.5. The second kappa shape index (κ2) is 8.44. The summed E-state index contributed by atoms with van der Waals surface area (Å²) in [6, 6.07) is 0. The van der Waals surface area contributed by atoms with Crippen molar-refractivity contribution in [2.45, 2.75) is 106 Å². The third-order valence-corrected chi connectivity index (χ3v) is 11.0. The van der Waals surface area contributed by atoms with Gasteiger partial charge in [-0.1, -0.05) is 72.3 Å². The fourth-order valence-electron chi connectivity index (χ4n) is 9.03. The molecule has 0 nitrogen and oxygen atoms in total. The van der Waals surface area contributed by atoms with Crippen LogP contribution in [-0.4, -0.2) is 0 Å². The van der Waals surface area contributed by atoms with Gasteiger partial charge in [-0.3, -0.25) is 0 Å². The van der Waals surface area contributed by atoms with Crippen LogP contribution in [0.25, 0.3) is 0 Å². The summed E-state index contributed by atoms with van der Waals surface area (Å²) < 4.78 is 0. The smallest absolute Gasteiger partial charge is 0.00851 e. The van der Waals surface area contributed by atoms with Crippen LogP contribution in [-0.2, 0) is 0 Å². The van der Waals surface area contributed by atoms with Gasteiger partial charge in [-0.05, 0) is 116 Å². The van der Waals surface area contributed by atoms with E-state index in [0.717, 1.165) is 47.3 Å². The van der Waals surface area contributed by atoms with Crippen LogP contribution in [0, 0.1) is 58.2 Å². The monoisotopic (exact) mass is 410 g/mol. The van der Waals surface area contributed by atoms with Gasteiger partial charge in [-0.2, -0.15) is 0 Å². The number of allylic oxidation sites excluding steroid dienone is 4. The maximum absolute atomic E-state index is 2.74. The van der Waals surface area contributed by atoms with Crippen molar-refractivity contribution in [3.63, 3.8) is 0 Å².